The van der Waals surface area contributed by atoms with Crippen LogP contribution in [0.25, 0.3) is 11.3 Å². The Kier molecular flexibility index (Phi) is 4.15. The van der Waals surface area contributed by atoms with Crippen LogP contribution in [0.4, 0.5) is 4.39 Å². The summed E-state index contributed by atoms with van der Waals surface area (Å²) in [5, 5.41) is 0. The lowest BCUT2D eigenvalue weighted by molar-refractivity contribution is 0.0744. The largest absolute Gasteiger partial charge is 0.464 e. The Labute approximate surface area is 151 Å². The molecule has 3 aromatic rings. The van der Waals surface area contributed by atoms with Gasteiger partial charge in [-0.05, 0) is 48.7 Å². The molecule has 1 fully saturated rings. The summed E-state index contributed by atoms with van der Waals surface area (Å²) in [6.45, 7) is 2.56. The minimum absolute atomic E-state index is 0.174. The van der Waals surface area contributed by atoms with Crippen LogP contribution in [-0.4, -0.2) is 17.9 Å². The lowest BCUT2D eigenvalue weighted by Crippen LogP contribution is -2.25. The van der Waals surface area contributed by atoms with Gasteiger partial charge in [0.15, 0.2) is 5.76 Å². The number of nitrogens with zero attached hydrogens (tertiary/aromatic N) is 1. The zero-order valence-electron chi connectivity index (χ0n) is 14.7. The van der Waals surface area contributed by atoms with Crippen molar-refractivity contribution in [2.45, 2.75) is 25.8 Å². The number of amides is 1. The van der Waals surface area contributed by atoms with Crippen LogP contribution < -0.4 is 0 Å². The molecule has 0 radical (unpaired) electrons. The lowest BCUT2D eigenvalue weighted by Gasteiger charge is -2.14. The van der Waals surface area contributed by atoms with Crippen molar-refractivity contribution in [1.82, 2.24) is 4.90 Å². The molecule has 1 aliphatic carbocycles. The van der Waals surface area contributed by atoms with Gasteiger partial charge < -0.3 is 13.7 Å². The molecule has 2 atom stereocenters. The van der Waals surface area contributed by atoms with Crippen molar-refractivity contribution in [3.8, 4) is 11.3 Å². The maximum absolute atomic E-state index is 13.9. The third kappa shape index (κ3) is 3.17. The second kappa shape index (κ2) is 6.48. The van der Waals surface area contributed by atoms with Crippen LogP contribution >= 0.6 is 0 Å². The highest BCUT2D eigenvalue weighted by atomic mass is 19.1. The van der Waals surface area contributed by atoms with Crippen LogP contribution in [-0.2, 0) is 6.54 Å². The fourth-order valence-corrected chi connectivity index (χ4v) is 3.15. The Morgan fingerprint density at radius 3 is 2.65 bits per heavy atom. The van der Waals surface area contributed by atoms with Gasteiger partial charge in [-0.2, -0.15) is 0 Å². The molecule has 5 heteroatoms. The second-order valence-corrected chi connectivity index (χ2v) is 6.93. The summed E-state index contributed by atoms with van der Waals surface area (Å²) in [5.41, 5.74) is 0.337. The Hall–Kier alpha value is -2.82. The number of halogens is 1. The lowest BCUT2D eigenvalue weighted by atomic mass is 10.1. The molecule has 2 heterocycles. The number of furan rings is 2. The topological polar surface area (TPSA) is 46.6 Å². The standard InChI is InChI=1S/C21H20FNO3/c1-13-11-16(13)19-8-7-14(25-19)12-23(2)21(24)20-10-9-18(26-20)15-5-3-4-6-17(15)22/h3-10,13,16H,11-12H2,1-2H3/t13-,16-/m1/s1. The SMILES string of the molecule is C[C@@H]1C[C@H]1c1ccc(CN(C)C(=O)c2ccc(-c3ccccc3F)o2)o1. The van der Waals surface area contributed by atoms with E-state index in [-0.39, 0.29) is 17.5 Å². The van der Waals surface area contributed by atoms with Crippen LogP contribution in [0.2, 0.25) is 0 Å². The number of benzene rings is 1. The maximum Gasteiger partial charge on any atom is 0.289 e. The monoisotopic (exact) mass is 353 g/mol. The van der Waals surface area contributed by atoms with E-state index in [2.05, 4.69) is 6.92 Å². The molecule has 0 spiro atoms. The van der Waals surface area contributed by atoms with Crippen LogP contribution in [0.1, 0.15) is 41.3 Å². The maximum atomic E-state index is 13.9. The highest BCUT2D eigenvalue weighted by molar-refractivity contribution is 5.91. The van der Waals surface area contributed by atoms with E-state index >= 15 is 0 Å². The normalized spacial score (nSPS) is 18.7. The zero-order valence-corrected chi connectivity index (χ0v) is 14.7. The average Bonchev–Trinajstić information content (AvgIpc) is 3.04. The fraction of sp³-hybridized carbons (Fsp3) is 0.286. The van der Waals surface area contributed by atoms with Crippen molar-refractivity contribution in [2.75, 3.05) is 7.05 Å². The van der Waals surface area contributed by atoms with Gasteiger partial charge >= 0.3 is 0 Å². The van der Waals surface area contributed by atoms with Crippen LogP contribution in [0.3, 0.4) is 0 Å². The minimum atomic E-state index is -0.383. The summed E-state index contributed by atoms with van der Waals surface area (Å²) in [6, 6.07) is 13.4. The van der Waals surface area contributed by atoms with Gasteiger partial charge in [0.1, 0.15) is 23.1 Å². The molecule has 0 saturated heterocycles. The highest BCUT2D eigenvalue weighted by Gasteiger charge is 2.36. The quantitative estimate of drug-likeness (QED) is 0.643. The number of carbonyl (C=O) groups is 1. The van der Waals surface area contributed by atoms with Crippen molar-refractivity contribution in [3.05, 3.63) is 71.6 Å². The van der Waals surface area contributed by atoms with Gasteiger partial charge in [0.25, 0.3) is 5.91 Å². The summed E-state index contributed by atoms with van der Waals surface area (Å²) >= 11 is 0. The minimum Gasteiger partial charge on any atom is -0.464 e. The van der Waals surface area contributed by atoms with Crippen molar-refractivity contribution in [3.63, 3.8) is 0 Å². The van der Waals surface area contributed by atoms with Gasteiger partial charge in [-0.25, -0.2) is 4.39 Å². The van der Waals surface area contributed by atoms with Crippen molar-refractivity contribution in [1.29, 1.82) is 0 Å². The number of hydrogen-bond donors (Lipinski definition) is 0. The Bertz CT molecular complexity index is 942. The average molecular weight is 353 g/mol. The first kappa shape index (κ1) is 16.6. The molecule has 1 amide bonds. The molecule has 0 N–H and O–H groups in total. The van der Waals surface area contributed by atoms with E-state index in [0.29, 0.717) is 29.7 Å². The molecule has 0 aliphatic heterocycles. The van der Waals surface area contributed by atoms with Crippen molar-refractivity contribution >= 4 is 5.91 Å². The van der Waals surface area contributed by atoms with E-state index in [1.165, 1.54) is 11.0 Å². The molecule has 2 aromatic heterocycles. The summed E-state index contributed by atoms with van der Waals surface area (Å²) in [6.07, 6.45) is 1.16. The summed E-state index contributed by atoms with van der Waals surface area (Å²) in [4.78, 5) is 14.1. The summed E-state index contributed by atoms with van der Waals surface area (Å²) in [7, 11) is 1.69. The van der Waals surface area contributed by atoms with Crippen LogP contribution in [0, 0.1) is 11.7 Å². The predicted molar refractivity (Wildman–Crippen MR) is 95.1 cm³/mol. The molecule has 1 aromatic carbocycles. The molecule has 26 heavy (non-hydrogen) atoms. The van der Waals surface area contributed by atoms with Crippen molar-refractivity contribution in [2.24, 2.45) is 5.92 Å². The molecule has 0 unspecified atom stereocenters. The summed E-state index contributed by atoms with van der Waals surface area (Å²) in [5.74, 6) is 2.78. The first-order chi connectivity index (χ1) is 12.5. The van der Waals surface area contributed by atoms with E-state index in [9.17, 15) is 9.18 Å². The number of carbonyl (C=O) groups excluding carboxylic acids is 1. The van der Waals surface area contributed by atoms with Crippen molar-refractivity contribution < 1.29 is 18.0 Å². The number of rotatable bonds is 5. The number of hydrogen-bond acceptors (Lipinski definition) is 3. The van der Waals surface area contributed by atoms with Gasteiger partial charge in [-0.1, -0.05) is 19.1 Å². The molecular weight excluding hydrogens is 333 g/mol. The van der Waals surface area contributed by atoms with E-state index < -0.39 is 0 Å². The smallest absolute Gasteiger partial charge is 0.289 e. The van der Waals surface area contributed by atoms with Gasteiger partial charge in [0.05, 0.1) is 12.1 Å². The molecule has 134 valence electrons. The van der Waals surface area contributed by atoms with Gasteiger partial charge in [0.2, 0.25) is 0 Å². The van der Waals surface area contributed by atoms with E-state index in [1.54, 1.807) is 37.4 Å². The highest BCUT2D eigenvalue weighted by Crippen LogP contribution is 2.47. The van der Waals surface area contributed by atoms with E-state index in [0.717, 1.165) is 17.9 Å². The Morgan fingerprint density at radius 2 is 1.92 bits per heavy atom. The second-order valence-electron chi connectivity index (χ2n) is 6.93. The molecule has 1 aliphatic rings. The van der Waals surface area contributed by atoms with E-state index in [4.69, 9.17) is 8.83 Å². The third-order valence-electron chi connectivity index (χ3n) is 4.85. The first-order valence-corrected chi connectivity index (χ1v) is 8.71. The molecular formula is C21H20FNO3. The van der Waals surface area contributed by atoms with E-state index in [1.807, 2.05) is 12.1 Å². The molecule has 4 rings (SSSR count). The fourth-order valence-electron chi connectivity index (χ4n) is 3.15. The van der Waals surface area contributed by atoms with Gasteiger partial charge in [-0.3, -0.25) is 4.79 Å². The predicted octanol–water partition coefficient (Wildman–Crippen LogP) is 5.07. The Balaban J connectivity index is 1.45. The molecule has 1 saturated carbocycles. The molecule has 0 bridgehead atoms. The van der Waals surface area contributed by atoms with Gasteiger partial charge in [0, 0.05) is 13.0 Å². The zero-order chi connectivity index (χ0) is 18.3. The van der Waals surface area contributed by atoms with Crippen LogP contribution in [0.5, 0.6) is 0 Å². The van der Waals surface area contributed by atoms with Gasteiger partial charge in [-0.15, -0.1) is 0 Å². The Morgan fingerprint density at radius 1 is 1.15 bits per heavy atom. The molecule has 4 nitrogen and oxygen atoms in total. The first-order valence-electron chi connectivity index (χ1n) is 8.71. The summed E-state index contributed by atoms with van der Waals surface area (Å²) < 4.78 is 25.3. The van der Waals surface area contributed by atoms with Crippen LogP contribution in [0.15, 0.2) is 57.4 Å². The third-order valence-corrected chi connectivity index (χ3v) is 4.85.